The summed E-state index contributed by atoms with van der Waals surface area (Å²) in [5, 5.41) is 3.91. The van der Waals surface area contributed by atoms with E-state index in [9.17, 15) is 4.79 Å². The van der Waals surface area contributed by atoms with Crippen molar-refractivity contribution < 1.29 is 9.53 Å². The van der Waals surface area contributed by atoms with Gasteiger partial charge in [0.1, 0.15) is 11.5 Å². The average molecular weight is 334 g/mol. The SMILES string of the molecule is O=C(Nc1cccc2cccnc12)c1cccc(N2CCOCC2)n1. The van der Waals surface area contributed by atoms with Gasteiger partial charge in [0.25, 0.3) is 5.91 Å². The molecule has 1 fully saturated rings. The largest absolute Gasteiger partial charge is 0.378 e. The van der Waals surface area contributed by atoms with Crippen LogP contribution in [0.1, 0.15) is 10.5 Å². The number of anilines is 2. The third-order valence-corrected chi connectivity index (χ3v) is 4.18. The Morgan fingerprint density at radius 2 is 1.84 bits per heavy atom. The standard InChI is InChI=1S/C19H18N4O2/c24-19(22-15-6-1-4-14-5-3-9-20-18(14)15)16-7-2-8-17(21-16)23-10-12-25-13-11-23/h1-9H,10-13H2,(H,22,24). The number of para-hydroxylation sites is 1. The van der Waals surface area contributed by atoms with Crippen LogP contribution in [0.25, 0.3) is 10.9 Å². The zero-order chi connectivity index (χ0) is 17.1. The zero-order valence-electron chi connectivity index (χ0n) is 13.7. The van der Waals surface area contributed by atoms with Crippen molar-refractivity contribution >= 4 is 28.3 Å². The molecule has 3 heterocycles. The van der Waals surface area contributed by atoms with Crippen LogP contribution in [0.3, 0.4) is 0 Å². The lowest BCUT2D eigenvalue weighted by Gasteiger charge is -2.27. The van der Waals surface area contributed by atoms with Gasteiger partial charge in [-0.1, -0.05) is 24.3 Å². The van der Waals surface area contributed by atoms with Crippen LogP contribution < -0.4 is 10.2 Å². The lowest BCUT2D eigenvalue weighted by atomic mass is 10.2. The summed E-state index contributed by atoms with van der Waals surface area (Å²) in [4.78, 5) is 23.6. The molecule has 4 rings (SSSR count). The van der Waals surface area contributed by atoms with Crippen molar-refractivity contribution in [3.05, 3.63) is 60.4 Å². The number of hydrogen-bond acceptors (Lipinski definition) is 5. The number of amides is 1. The fourth-order valence-electron chi connectivity index (χ4n) is 2.91. The first-order valence-corrected chi connectivity index (χ1v) is 8.26. The van der Waals surface area contributed by atoms with E-state index in [-0.39, 0.29) is 5.91 Å². The van der Waals surface area contributed by atoms with Crippen LogP contribution in [0.5, 0.6) is 0 Å². The Bertz CT molecular complexity index is 901. The van der Waals surface area contributed by atoms with E-state index >= 15 is 0 Å². The second kappa shape index (κ2) is 6.86. The van der Waals surface area contributed by atoms with Gasteiger partial charge in [-0.3, -0.25) is 9.78 Å². The Hall–Kier alpha value is -2.99. The molecule has 25 heavy (non-hydrogen) atoms. The highest BCUT2D eigenvalue weighted by Crippen LogP contribution is 2.21. The first-order chi connectivity index (χ1) is 12.3. The van der Waals surface area contributed by atoms with Crippen LogP contribution in [0, 0.1) is 0 Å². The Kier molecular flexibility index (Phi) is 4.26. The highest BCUT2D eigenvalue weighted by atomic mass is 16.5. The number of carbonyl (C=O) groups is 1. The number of nitrogens with one attached hydrogen (secondary N) is 1. The molecule has 1 aliphatic heterocycles. The Labute approximate surface area is 145 Å². The van der Waals surface area contributed by atoms with Crippen molar-refractivity contribution in [3.8, 4) is 0 Å². The maximum atomic E-state index is 12.6. The summed E-state index contributed by atoms with van der Waals surface area (Å²) in [6.07, 6.45) is 1.72. The number of hydrogen-bond donors (Lipinski definition) is 1. The van der Waals surface area contributed by atoms with Crippen LogP contribution in [-0.2, 0) is 4.74 Å². The molecule has 0 atom stereocenters. The van der Waals surface area contributed by atoms with Crippen LogP contribution >= 0.6 is 0 Å². The van der Waals surface area contributed by atoms with Gasteiger partial charge in [-0.05, 0) is 24.3 Å². The van der Waals surface area contributed by atoms with E-state index in [1.807, 2.05) is 42.5 Å². The van der Waals surface area contributed by atoms with Gasteiger partial charge in [-0.2, -0.15) is 0 Å². The van der Waals surface area contributed by atoms with Gasteiger partial charge in [0, 0.05) is 24.7 Å². The molecule has 1 saturated heterocycles. The Morgan fingerprint density at radius 1 is 1.04 bits per heavy atom. The van der Waals surface area contributed by atoms with Gasteiger partial charge in [0.05, 0.1) is 24.4 Å². The number of morpholine rings is 1. The fraction of sp³-hybridized carbons (Fsp3) is 0.211. The van der Waals surface area contributed by atoms with Crippen LogP contribution in [0.4, 0.5) is 11.5 Å². The van der Waals surface area contributed by atoms with Gasteiger partial charge < -0.3 is 15.0 Å². The highest BCUT2D eigenvalue weighted by molar-refractivity contribution is 6.07. The van der Waals surface area contributed by atoms with Crippen LogP contribution in [-0.4, -0.2) is 42.2 Å². The molecule has 0 spiro atoms. The molecular weight excluding hydrogens is 316 g/mol. The first-order valence-electron chi connectivity index (χ1n) is 8.26. The molecule has 0 bridgehead atoms. The first kappa shape index (κ1) is 15.5. The van der Waals surface area contributed by atoms with E-state index in [1.54, 1.807) is 12.3 Å². The van der Waals surface area contributed by atoms with Crippen molar-refractivity contribution in [3.63, 3.8) is 0 Å². The molecule has 0 unspecified atom stereocenters. The van der Waals surface area contributed by atoms with Crippen LogP contribution in [0.15, 0.2) is 54.7 Å². The summed E-state index contributed by atoms with van der Waals surface area (Å²) >= 11 is 0. The summed E-state index contributed by atoms with van der Waals surface area (Å²) in [5.74, 6) is 0.556. The van der Waals surface area contributed by atoms with Crippen LogP contribution in [0.2, 0.25) is 0 Å². The van der Waals surface area contributed by atoms with Gasteiger partial charge in [-0.25, -0.2) is 4.98 Å². The monoisotopic (exact) mass is 334 g/mol. The zero-order valence-corrected chi connectivity index (χ0v) is 13.7. The topological polar surface area (TPSA) is 67.4 Å². The minimum absolute atomic E-state index is 0.242. The van der Waals surface area contributed by atoms with Gasteiger partial charge in [0.2, 0.25) is 0 Å². The van der Waals surface area contributed by atoms with E-state index in [0.29, 0.717) is 24.6 Å². The summed E-state index contributed by atoms with van der Waals surface area (Å²) < 4.78 is 5.36. The molecule has 3 aromatic rings. The maximum Gasteiger partial charge on any atom is 0.274 e. The van der Waals surface area contributed by atoms with Crippen molar-refractivity contribution in [2.24, 2.45) is 0 Å². The minimum atomic E-state index is -0.242. The molecule has 2 aromatic heterocycles. The summed E-state index contributed by atoms with van der Waals surface area (Å²) in [7, 11) is 0. The molecule has 1 aromatic carbocycles. The van der Waals surface area contributed by atoms with E-state index in [1.165, 1.54) is 0 Å². The van der Waals surface area contributed by atoms with Gasteiger partial charge >= 0.3 is 0 Å². The maximum absolute atomic E-state index is 12.6. The number of rotatable bonds is 3. The summed E-state index contributed by atoms with van der Waals surface area (Å²) in [5.41, 5.74) is 1.83. The lowest BCUT2D eigenvalue weighted by molar-refractivity contribution is 0.102. The number of carbonyl (C=O) groups excluding carboxylic acids is 1. The molecule has 1 N–H and O–H groups in total. The second-order valence-corrected chi connectivity index (χ2v) is 5.82. The third kappa shape index (κ3) is 3.29. The number of aromatic nitrogens is 2. The normalized spacial score (nSPS) is 14.5. The van der Waals surface area contributed by atoms with Crippen molar-refractivity contribution in [1.29, 1.82) is 0 Å². The molecule has 0 radical (unpaired) electrons. The summed E-state index contributed by atoms with van der Waals surface area (Å²) in [6.45, 7) is 2.93. The average Bonchev–Trinajstić information content (AvgIpc) is 2.69. The second-order valence-electron chi connectivity index (χ2n) is 5.82. The molecule has 6 nitrogen and oxygen atoms in total. The number of benzene rings is 1. The molecule has 6 heteroatoms. The predicted octanol–water partition coefficient (Wildman–Crippen LogP) is 2.72. The number of pyridine rings is 2. The van der Waals surface area contributed by atoms with Crippen molar-refractivity contribution in [2.45, 2.75) is 0 Å². The number of fused-ring (bicyclic) bond motifs is 1. The minimum Gasteiger partial charge on any atom is -0.378 e. The smallest absolute Gasteiger partial charge is 0.274 e. The van der Waals surface area contributed by atoms with Crippen molar-refractivity contribution in [2.75, 3.05) is 36.5 Å². The Balaban J connectivity index is 1.58. The molecule has 0 saturated carbocycles. The van der Waals surface area contributed by atoms with Gasteiger partial charge in [0.15, 0.2) is 0 Å². The van der Waals surface area contributed by atoms with E-state index in [2.05, 4.69) is 20.2 Å². The number of nitrogens with zero attached hydrogens (tertiary/aromatic N) is 3. The highest BCUT2D eigenvalue weighted by Gasteiger charge is 2.15. The molecule has 0 aliphatic carbocycles. The lowest BCUT2D eigenvalue weighted by Crippen LogP contribution is -2.37. The number of ether oxygens (including phenoxy) is 1. The summed E-state index contributed by atoms with van der Waals surface area (Å²) in [6, 6.07) is 15.1. The molecule has 126 valence electrons. The Morgan fingerprint density at radius 3 is 2.72 bits per heavy atom. The van der Waals surface area contributed by atoms with Crippen molar-refractivity contribution in [1.82, 2.24) is 9.97 Å². The predicted molar refractivity (Wildman–Crippen MR) is 97.0 cm³/mol. The third-order valence-electron chi connectivity index (χ3n) is 4.18. The van der Waals surface area contributed by atoms with E-state index in [0.717, 1.165) is 29.8 Å². The van der Waals surface area contributed by atoms with E-state index in [4.69, 9.17) is 4.74 Å². The molecule has 1 aliphatic rings. The molecular formula is C19H18N4O2. The van der Waals surface area contributed by atoms with Gasteiger partial charge in [-0.15, -0.1) is 0 Å². The van der Waals surface area contributed by atoms with E-state index < -0.39 is 0 Å². The quantitative estimate of drug-likeness (QED) is 0.798. The fourth-order valence-corrected chi connectivity index (χ4v) is 2.91. The molecule has 1 amide bonds.